The molecule has 0 atom stereocenters. The van der Waals surface area contributed by atoms with Crippen LogP contribution >= 0.6 is 15.9 Å². The van der Waals surface area contributed by atoms with Gasteiger partial charge in [0.25, 0.3) is 5.91 Å². The van der Waals surface area contributed by atoms with Gasteiger partial charge in [-0.2, -0.15) is 0 Å². The number of hydrogen-bond donors (Lipinski definition) is 2. The molecule has 5 nitrogen and oxygen atoms in total. The van der Waals surface area contributed by atoms with E-state index >= 15 is 0 Å². The zero-order chi connectivity index (χ0) is 16.8. The van der Waals surface area contributed by atoms with Crippen LogP contribution in [0.3, 0.4) is 0 Å². The van der Waals surface area contributed by atoms with Gasteiger partial charge in [-0.15, -0.1) is 0 Å². The Hall–Kier alpha value is -2.73. The van der Waals surface area contributed by atoms with E-state index in [0.717, 1.165) is 15.9 Å². The summed E-state index contributed by atoms with van der Waals surface area (Å²) in [6, 6.07) is 16.9. The first kappa shape index (κ1) is 16.1. The highest BCUT2D eigenvalue weighted by Crippen LogP contribution is 2.19. The Morgan fingerprint density at radius 2 is 1.96 bits per heavy atom. The fraction of sp³-hybridized carbons (Fsp3) is 0.0556. The lowest BCUT2D eigenvalue weighted by Gasteiger charge is -2.07. The minimum atomic E-state index is -0.179. The second-order valence-corrected chi connectivity index (χ2v) is 5.99. The zero-order valence-corrected chi connectivity index (χ0v) is 14.3. The number of carbonyl (C=O) groups is 1. The van der Waals surface area contributed by atoms with Gasteiger partial charge in [-0.05, 0) is 42.5 Å². The average molecular weight is 383 g/mol. The summed E-state index contributed by atoms with van der Waals surface area (Å²) in [5.41, 5.74) is 2.24. The third-order valence-electron chi connectivity index (χ3n) is 3.28. The quantitative estimate of drug-likeness (QED) is 0.701. The molecule has 0 saturated heterocycles. The van der Waals surface area contributed by atoms with Crippen molar-refractivity contribution in [3.8, 4) is 0 Å². The molecule has 0 unspecified atom stereocenters. The first-order chi connectivity index (χ1) is 11.7. The molecule has 1 amide bonds. The highest BCUT2D eigenvalue weighted by Gasteiger charge is 2.06. The molecule has 2 aromatic heterocycles. The van der Waals surface area contributed by atoms with Crippen LogP contribution in [-0.2, 0) is 6.54 Å². The lowest BCUT2D eigenvalue weighted by atomic mass is 10.2. The molecule has 1 aromatic carbocycles. The lowest BCUT2D eigenvalue weighted by molar-refractivity contribution is 0.0950. The fourth-order valence-corrected chi connectivity index (χ4v) is 2.49. The van der Waals surface area contributed by atoms with Crippen molar-refractivity contribution in [2.24, 2.45) is 0 Å². The van der Waals surface area contributed by atoms with E-state index in [1.165, 1.54) is 0 Å². The number of aromatic nitrogens is 2. The van der Waals surface area contributed by atoms with Crippen LogP contribution in [0.15, 0.2) is 71.5 Å². The molecule has 2 heterocycles. The smallest absolute Gasteiger partial charge is 0.253 e. The van der Waals surface area contributed by atoms with E-state index in [0.29, 0.717) is 17.9 Å². The number of carbonyl (C=O) groups excluding carboxylic acids is 1. The summed E-state index contributed by atoms with van der Waals surface area (Å²) in [7, 11) is 0. The SMILES string of the molecule is O=C(NCc1ccccn1)c1ccc(Nc2cccc(Br)c2)nc1. The summed E-state index contributed by atoms with van der Waals surface area (Å²) in [4.78, 5) is 20.6. The van der Waals surface area contributed by atoms with Crippen molar-refractivity contribution < 1.29 is 4.79 Å². The van der Waals surface area contributed by atoms with E-state index in [9.17, 15) is 4.79 Å². The third kappa shape index (κ3) is 4.39. The van der Waals surface area contributed by atoms with Crippen molar-refractivity contribution in [1.82, 2.24) is 15.3 Å². The van der Waals surface area contributed by atoms with Crippen LogP contribution in [0.2, 0.25) is 0 Å². The van der Waals surface area contributed by atoms with Crippen LogP contribution < -0.4 is 10.6 Å². The zero-order valence-electron chi connectivity index (χ0n) is 12.7. The molecule has 0 bridgehead atoms. The summed E-state index contributed by atoms with van der Waals surface area (Å²) in [6.45, 7) is 0.387. The fourth-order valence-electron chi connectivity index (χ4n) is 2.09. The van der Waals surface area contributed by atoms with Crippen LogP contribution in [0, 0.1) is 0 Å². The van der Waals surface area contributed by atoms with Crippen LogP contribution in [0.1, 0.15) is 16.1 Å². The molecule has 2 N–H and O–H groups in total. The number of anilines is 2. The predicted molar refractivity (Wildman–Crippen MR) is 97.1 cm³/mol. The molecule has 0 aliphatic rings. The maximum atomic E-state index is 12.1. The first-order valence-corrected chi connectivity index (χ1v) is 8.17. The van der Waals surface area contributed by atoms with Crippen LogP contribution in [-0.4, -0.2) is 15.9 Å². The number of amides is 1. The molecule has 0 spiro atoms. The van der Waals surface area contributed by atoms with Crippen molar-refractivity contribution in [2.45, 2.75) is 6.54 Å². The van der Waals surface area contributed by atoms with Gasteiger partial charge in [-0.3, -0.25) is 9.78 Å². The summed E-state index contributed by atoms with van der Waals surface area (Å²) < 4.78 is 0.984. The second kappa shape index (κ2) is 7.70. The highest BCUT2D eigenvalue weighted by atomic mass is 79.9. The Balaban J connectivity index is 1.60. The maximum Gasteiger partial charge on any atom is 0.253 e. The van der Waals surface area contributed by atoms with Crippen LogP contribution in [0.25, 0.3) is 0 Å². The number of pyridine rings is 2. The topological polar surface area (TPSA) is 66.9 Å². The van der Waals surface area contributed by atoms with Gasteiger partial charge in [0.05, 0.1) is 17.8 Å². The predicted octanol–water partition coefficient (Wildman–Crippen LogP) is 3.91. The van der Waals surface area contributed by atoms with Crippen molar-refractivity contribution >= 4 is 33.3 Å². The third-order valence-corrected chi connectivity index (χ3v) is 3.77. The Kier molecular flexibility index (Phi) is 5.18. The van der Waals surface area contributed by atoms with Gasteiger partial charge in [-0.25, -0.2) is 4.98 Å². The van der Waals surface area contributed by atoms with Gasteiger partial charge in [0.15, 0.2) is 0 Å². The average Bonchev–Trinajstić information content (AvgIpc) is 2.61. The first-order valence-electron chi connectivity index (χ1n) is 7.37. The molecule has 3 rings (SSSR count). The number of hydrogen-bond acceptors (Lipinski definition) is 4. The van der Waals surface area contributed by atoms with Gasteiger partial charge < -0.3 is 10.6 Å². The summed E-state index contributed by atoms with van der Waals surface area (Å²) in [5, 5.41) is 6.01. The van der Waals surface area contributed by atoms with E-state index < -0.39 is 0 Å². The molecule has 24 heavy (non-hydrogen) atoms. The number of nitrogens with zero attached hydrogens (tertiary/aromatic N) is 2. The van der Waals surface area contributed by atoms with E-state index in [-0.39, 0.29) is 5.91 Å². The number of rotatable bonds is 5. The molecule has 120 valence electrons. The molecule has 0 radical (unpaired) electrons. The molecule has 3 aromatic rings. The summed E-state index contributed by atoms with van der Waals surface area (Å²) in [6.07, 6.45) is 3.25. The molecular weight excluding hydrogens is 368 g/mol. The van der Waals surface area contributed by atoms with E-state index in [1.54, 1.807) is 24.5 Å². The monoisotopic (exact) mass is 382 g/mol. The lowest BCUT2D eigenvalue weighted by Crippen LogP contribution is -2.23. The Morgan fingerprint density at radius 1 is 1.04 bits per heavy atom. The van der Waals surface area contributed by atoms with Crippen LogP contribution in [0.4, 0.5) is 11.5 Å². The number of halogens is 1. The molecular formula is C18H15BrN4O. The van der Waals surface area contributed by atoms with Crippen molar-refractivity contribution in [1.29, 1.82) is 0 Å². The summed E-state index contributed by atoms with van der Waals surface area (Å²) in [5.74, 6) is 0.497. The van der Waals surface area contributed by atoms with E-state index in [1.807, 2.05) is 42.5 Å². The van der Waals surface area contributed by atoms with Crippen LogP contribution in [0.5, 0.6) is 0 Å². The van der Waals surface area contributed by atoms with Gasteiger partial charge in [0, 0.05) is 22.6 Å². The standard InChI is InChI=1S/C18H15BrN4O/c19-14-4-3-6-15(10-14)23-17-8-7-13(11-21-17)18(24)22-12-16-5-1-2-9-20-16/h1-11H,12H2,(H,21,23)(H,22,24). The molecule has 6 heteroatoms. The van der Waals surface area contributed by atoms with Gasteiger partial charge >= 0.3 is 0 Å². The van der Waals surface area contributed by atoms with E-state index in [4.69, 9.17) is 0 Å². The van der Waals surface area contributed by atoms with Gasteiger partial charge in [-0.1, -0.05) is 28.1 Å². The highest BCUT2D eigenvalue weighted by molar-refractivity contribution is 9.10. The normalized spacial score (nSPS) is 10.2. The number of benzene rings is 1. The Bertz CT molecular complexity index is 822. The molecule has 0 fully saturated rings. The summed E-state index contributed by atoms with van der Waals surface area (Å²) >= 11 is 3.42. The van der Waals surface area contributed by atoms with Gasteiger partial charge in [0.1, 0.15) is 5.82 Å². The number of nitrogens with one attached hydrogen (secondary N) is 2. The van der Waals surface area contributed by atoms with Crippen molar-refractivity contribution in [3.05, 3.63) is 82.7 Å². The Morgan fingerprint density at radius 3 is 2.67 bits per heavy atom. The molecule has 0 saturated carbocycles. The van der Waals surface area contributed by atoms with Gasteiger partial charge in [0.2, 0.25) is 0 Å². The second-order valence-electron chi connectivity index (χ2n) is 5.07. The minimum Gasteiger partial charge on any atom is -0.346 e. The molecule has 0 aliphatic heterocycles. The maximum absolute atomic E-state index is 12.1. The molecule has 0 aliphatic carbocycles. The van der Waals surface area contributed by atoms with Crippen molar-refractivity contribution in [2.75, 3.05) is 5.32 Å². The largest absolute Gasteiger partial charge is 0.346 e. The van der Waals surface area contributed by atoms with Crippen molar-refractivity contribution in [3.63, 3.8) is 0 Å². The van der Waals surface area contributed by atoms with E-state index in [2.05, 4.69) is 36.5 Å². The Labute approximate surface area is 148 Å². The minimum absolute atomic E-state index is 0.179.